The lowest BCUT2D eigenvalue weighted by Crippen LogP contribution is -2.32. The van der Waals surface area contributed by atoms with Crippen LogP contribution in [0.4, 0.5) is 4.39 Å². The molecule has 2 heterocycles. The van der Waals surface area contributed by atoms with Gasteiger partial charge in [0.15, 0.2) is 0 Å². The Balaban J connectivity index is 1.88. The molecular weight excluding hydrogens is 355 g/mol. The van der Waals surface area contributed by atoms with Crippen LogP contribution in [0.2, 0.25) is 0 Å². The summed E-state index contributed by atoms with van der Waals surface area (Å²) < 4.78 is 14.2. The van der Waals surface area contributed by atoms with E-state index in [4.69, 9.17) is 0 Å². The fraction of sp³-hybridized carbons (Fsp3) is 0.263. The molecule has 3 aliphatic rings. The Hall–Kier alpha value is -1.81. The minimum Gasteiger partial charge on any atom is -0.375 e. The van der Waals surface area contributed by atoms with E-state index in [-0.39, 0.29) is 11.7 Å². The molecule has 4 rings (SSSR count). The zero-order valence-corrected chi connectivity index (χ0v) is 14.5. The molecule has 1 aromatic carbocycles. The number of rotatable bonds is 1. The molecule has 1 N–H and O–H groups in total. The first-order valence-corrected chi connectivity index (χ1v) is 8.67. The number of nitrogens with zero attached hydrogens (tertiary/aromatic N) is 1. The Labute approximate surface area is 144 Å². The third-order valence-electron chi connectivity index (χ3n) is 4.65. The number of halogens is 2. The first-order valence-electron chi connectivity index (χ1n) is 7.87. The molecule has 0 bridgehead atoms. The number of likely N-dealkylation sites (N-methyl/N-ethyl adjacent to an activating group) is 1. The molecule has 0 radical (unpaired) electrons. The van der Waals surface area contributed by atoms with Gasteiger partial charge < -0.3 is 10.2 Å². The van der Waals surface area contributed by atoms with Crippen LogP contribution in [0.15, 0.2) is 69.6 Å². The molecule has 1 unspecified atom stereocenters. The second-order valence-corrected chi connectivity index (χ2v) is 7.10. The van der Waals surface area contributed by atoms with Crippen molar-refractivity contribution in [3.63, 3.8) is 0 Å². The van der Waals surface area contributed by atoms with Crippen molar-refractivity contribution in [1.29, 1.82) is 0 Å². The Morgan fingerprint density at radius 1 is 1.35 bits per heavy atom. The van der Waals surface area contributed by atoms with Crippen molar-refractivity contribution in [1.82, 2.24) is 10.2 Å². The summed E-state index contributed by atoms with van der Waals surface area (Å²) in [4.78, 5) is 2.17. The van der Waals surface area contributed by atoms with Gasteiger partial charge in [-0.3, -0.25) is 0 Å². The minimum absolute atomic E-state index is 0.166. The lowest BCUT2D eigenvalue weighted by atomic mass is 9.77. The van der Waals surface area contributed by atoms with Crippen LogP contribution in [-0.2, 0) is 0 Å². The molecule has 0 saturated heterocycles. The second kappa shape index (κ2) is 5.68. The largest absolute Gasteiger partial charge is 0.375 e. The maximum atomic E-state index is 13.7. The summed E-state index contributed by atoms with van der Waals surface area (Å²) in [7, 11) is 2.08. The molecule has 0 spiro atoms. The summed E-state index contributed by atoms with van der Waals surface area (Å²) in [5.74, 6) is -0.0520. The lowest BCUT2D eigenvalue weighted by Gasteiger charge is -2.37. The van der Waals surface area contributed by atoms with Gasteiger partial charge in [-0.05, 0) is 57.6 Å². The van der Waals surface area contributed by atoms with Crippen molar-refractivity contribution in [2.45, 2.75) is 18.8 Å². The minimum atomic E-state index is -0.218. The Bertz CT molecular complexity index is 789. The van der Waals surface area contributed by atoms with Crippen LogP contribution < -0.4 is 5.32 Å². The van der Waals surface area contributed by atoms with E-state index in [0.29, 0.717) is 4.47 Å². The van der Waals surface area contributed by atoms with Gasteiger partial charge in [-0.1, -0.05) is 24.3 Å². The van der Waals surface area contributed by atoms with Gasteiger partial charge in [0, 0.05) is 31.4 Å². The topological polar surface area (TPSA) is 15.3 Å². The summed E-state index contributed by atoms with van der Waals surface area (Å²) in [6, 6.07) is 5.36. The van der Waals surface area contributed by atoms with Crippen LogP contribution >= 0.6 is 15.9 Å². The molecule has 1 aliphatic carbocycles. The number of hydrogen-bond acceptors (Lipinski definition) is 2. The van der Waals surface area contributed by atoms with Crippen LogP contribution in [0.1, 0.15) is 24.3 Å². The zero-order chi connectivity index (χ0) is 16.0. The van der Waals surface area contributed by atoms with Gasteiger partial charge in [0.25, 0.3) is 0 Å². The summed E-state index contributed by atoms with van der Waals surface area (Å²) in [6.45, 7) is 0.895. The normalized spacial score (nSPS) is 22.9. The van der Waals surface area contributed by atoms with E-state index in [1.807, 2.05) is 12.1 Å². The van der Waals surface area contributed by atoms with Crippen LogP contribution in [0.3, 0.4) is 0 Å². The maximum absolute atomic E-state index is 13.7. The van der Waals surface area contributed by atoms with E-state index in [0.717, 1.165) is 24.9 Å². The number of allylic oxidation sites excluding steroid dienone is 5. The van der Waals surface area contributed by atoms with Crippen molar-refractivity contribution in [3.8, 4) is 0 Å². The zero-order valence-electron chi connectivity index (χ0n) is 12.9. The number of fused-ring (bicyclic) bond motifs is 1. The van der Waals surface area contributed by atoms with Gasteiger partial charge in [-0.2, -0.15) is 0 Å². The van der Waals surface area contributed by atoms with Crippen molar-refractivity contribution in [2.75, 3.05) is 13.6 Å². The van der Waals surface area contributed by atoms with E-state index in [1.165, 1.54) is 22.5 Å². The summed E-state index contributed by atoms with van der Waals surface area (Å²) >= 11 is 3.33. The van der Waals surface area contributed by atoms with Crippen LogP contribution in [0, 0.1) is 5.82 Å². The standard InChI is InChI=1S/C19H18BrFN2/c1-23-9-8-14-18(11-23)22-17-5-3-2-4-13(17)19(14)12-6-7-16(21)15(20)10-12/h2,4,6-8,10-11,19,22H,3,5,9H2,1H3. The molecule has 2 aliphatic heterocycles. The molecule has 4 heteroatoms. The lowest BCUT2D eigenvalue weighted by molar-refractivity contribution is 0.485. The molecule has 1 atom stereocenters. The van der Waals surface area contributed by atoms with Crippen molar-refractivity contribution in [3.05, 3.63) is 81.0 Å². The van der Waals surface area contributed by atoms with Crippen molar-refractivity contribution in [2.24, 2.45) is 0 Å². The van der Waals surface area contributed by atoms with Crippen LogP contribution in [0.5, 0.6) is 0 Å². The quantitative estimate of drug-likeness (QED) is 0.775. The predicted molar refractivity (Wildman–Crippen MR) is 94.2 cm³/mol. The number of nitrogens with one attached hydrogen (secondary N) is 1. The Kier molecular flexibility index (Phi) is 3.64. The molecule has 2 nitrogen and oxygen atoms in total. The fourth-order valence-corrected chi connectivity index (χ4v) is 3.94. The van der Waals surface area contributed by atoms with E-state index >= 15 is 0 Å². The van der Waals surface area contributed by atoms with E-state index in [2.05, 4.69) is 57.6 Å². The first-order chi connectivity index (χ1) is 11.1. The summed E-state index contributed by atoms with van der Waals surface area (Å²) in [6.07, 6.45) is 11.0. The molecule has 118 valence electrons. The number of benzene rings is 1. The maximum Gasteiger partial charge on any atom is 0.137 e. The highest BCUT2D eigenvalue weighted by Gasteiger charge is 2.32. The summed E-state index contributed by atoms with van der Waals surface area (Å²) in [5.41, 5.74) is 6.17. The first kappa shape index (κ1) is 14.8. The number of hydrogen-bond donors (Lipinski definition) is 1. The molecular formula is C19H18BrFN2. The molecule has 0 fully saturated rings. The molecule has 0 aromatic heterocycles. The van der Waals surface area contributed by atoms with Crippen LogP contribution in [-0.4, -0.2) is 18.5 Å². The third-order valence-corrected chi connectivity index (χ3v) is 5.26. The smallest absolute Gasteiger partial charge is 0.137 e. The van der Waals surface area contributed by atoms with Crippen molar-refractivity contribution < 1.29 is 4.39 Å². The van der Waals surface area contributed by atoms with Gasteiger partial charge >= 0.3 is 0 Å². The predicted octanol–water partition coefficient (Wildman–Crippen LogP) is 4.59. The van der Waals surface area contributed by atoms with Gasteiger partial charge in [0.05, 0.1) is 10.2 Å². The van der Waals surface area contributed by atoms with Gasteiger partial charge in [0.1, 0.15) is 5.82 Å². The molecule has 23 heavy (non-hydrogen) atoms. The SMILES string of the molecule is CN1C=C2NC3=C(C=CCC3)C(c3ccc(F)c(Br)c3)C2=CC1. The second-order valence-electron chi connectivity index (χ2n) is 6.25. The molecule has 0 saturated carbocycles. The van der Waals surface area contributed by atoms with E-state index in [9.17, 15) is 4.39 Å². The fourth-order valence-electron chi connectivity index (χ4n) is 3.55. The van der Waals surface area contributed by atoms with Crippen molar-refractivity contribution >= 4 is 15.9 Å². The average Bonchev–Trinajstić information content (AvgIpc) is 2.55. The molecule has 0 amide bonds. The Morgan fingerprint density at radius 2 is 2.22 bits per heavy atom. The van der Waals surface area contributed by atoms with Crippen LogP contribution in [0.25, 0.3) is 0 Å². The van der Waals surface area contributed by atoms with Gasteiger partial charge in [-0.15, -0.1) is 0 Å². The highest BCUT2D eigenvalue weighted by atomic mass is 79.9. The third kappa shape index (κ3) is 2.55. The monoisotopic (exact) mass is 372 g/mol. The van der Waals surface area contributed by atoms with E-state index < -0.39 is 0 Å². The Morgan fingerprint density at radius 3 is 3.04 bits per heavy atom. The summed E-state index contributed by atoms with van der Waals surface area (Å²) in [5, 5.41) is 3.61. The molecule has 1 aromatic rings. The van der Waals surface area contributed by atoms with Gasteiger partial charge in [-0.25, -0.2) is 4.39 Å². The highest BCUT2D eigenvalue weighted by Crippen LogP contribution is 2.44. The van der Waals surface area contributed by atoms with E-state index in [1.54, 1.807) is 6.07 Å². The van der Waals surface area contributed by atoms with Gasteiger partial charge in [0.2, 0.25) is 0 Å². The average molecular weight is 373 g/mol. The highest BCUT2D eigenvalue weighted by molar-refractivity contribution is 9.10.